The van der Waals surface area contributed by atoms with Crippen molar-refractivity contribution in [3.8, 4) is 22.5 Å². The van der Waals surface area contributed by atoms with Gasteiger partial charge >= 0.3 is 0 Å². The molecule has 2 aromatic heterocycles. The fourth-order valence-electron chi connectivity index (χ4n) is 2.54. The number of halogens is 1. The largest absolute Gasteiger partial charge is 0.348 e. The Kier molecular flexibility index (Phi) is 5.21. The van der Waals surface area contributed by atoms with Crippen LogP contribution in [0.15, 0.2) is 55.3 Å². The normalized spacial score (nSPS) is 10.4. The summed E-state index contributed by atoms with van der Waals surface area (Å²) in [6.07, 6.45) is 2.81. The van der Waals surface area contributed by atoms with E-state index in [1.54, 1.807) is 30.5 Å². The number of aromatic amines is 1. The van der Waals surface area contributed by atoms with Gasteiger partial charge in [0.1, 0.15) is 11.5 Å². The molecule has 0 aliphatic carbocycles. The first-order valence-corrected chi connectivity index (χ1v) is 8.20. The van der Waals surface area contributed by atoms with Gasteiger partial charge in [0.25, 0.3) is 0 Å². The van der Waals surface area contributed by atoms with Crippen molar-refractivity contribution in [1.82, 2.24) is 20.5 Å². The van der Waals surface area contributed by atoms with Crippen LogP contribution in [0, 0.1) is 5.82 Å². The number of nitrogens with zero attached hydrogens (tertiary/aromatic N) is 2. The summed E-state index contributed by atoms with van der Waals surface area (Å²) < 4.78 is 13.2. The van der Waals surface area contributed by atoms with E-state index in [1.165, 1.54) is 25.1 Å². The molecular formula is C20H17FN4O2. The molecule has 0 aliphatic heterocycles. The molecule has 2 N–H and O–H groups in total. The van der Waals surface area contributed by atoms with Crippen molar-refractivity contribution < 1.29 is 14.0 Å². The highest BCUT2D eigenvalue weighted by molar-refractivity contribution is 5.93. The fraction of sp³-hybridized carbons (Fsp3) is 0.100. The maximum Gasteiger partial charge on any atom is 0.243 e. The SMILES string of the molecule is C=CC(=O)NCc1cnc(-c2ccc(F)cc2)cc1-c1cc(C(C)=O)[nH]n1. The number of pyridine rings is 1. The zero-order valence-electron chi connectivity index (χ0n) is 14.6. The van der Waals surface area contributed by atoms with Crippen LogP contribution >= 0.6 is 0 Å². The lowest BCUT2D eigenvalue weighted by atomic mass is 10.0. The summed E-state index contributed by atoms with van der Waals surface area (Å²) in [5, 5.41) is 9.60. The Hall–Kier alpha value is -3.61. The number of Topliss-reactive ketones (excluding diaryl/α,β-unsaturated/α-hetero) is 1. The van der Waals surface area contributed by atoms with Crippen LogP contribution in [0.1, 0.15) is 23.0 Å². The minimum atomic E-state index is -0.332. The summed E-state index contributed by atoms with van der Waals surface area (Å²) in [6, 6.07) is 9.42. The monoisotopic (exact) mass is 364 g/mol. The van der Waals surface area contributed by atoms with Crippen LogP contribution in [0.25, 0.3) is 22.5 Å². The van der Waals surface area contributed by atoms with Crippen molar-refractivity contribution in [2.24, 2.45) is 0 Å². The number of H-pyrrole nitrogens is 1. The Balaban J connectivity index is 2.04. The molecule has 2 heterocycles. The minimum absolute atomic E-state index is 0.136. The van der Waals surface area contributed by atoms with E-state index in [1.807, 2.05) is 0 Å². The van der Waals surface area contributed by atoms with E-state index in [9.17, 15) is 14.0 Å². The zero-order chi connectivity index (χ0) is 19.4. The van der Waals surface area contributed by atoms with E-state index < -0.39 is 0 Å². The molecule has 27 heavy (non-hydrogen) atoms. The summed E-state index contributed by atoms with van der Waals surface area (Å²) in [6.45, 7) is 5.09. The molecule has 136 valence electrons. The van der Waals surface area contributed by atoms with Crippen molar-refractivity contribution in [3.05, 3.63) is 72.3 Å². The topological polar surface area (TPSA) is 87.7 Å². The number of aromatic nitrogens is 3. The summed E-state index contributed by atoms with van der Waals surface area (Å²) in [5.41, 5.74) is 3.72. The van der Waals surface area contributed by atoms with Gasteiger partial charge in [-0.15, -0.1) is 0 Å². The predicted octanol–water partition coefficient (Wildman–Crippen LogP) is 3.28. The number of carbonyl (C=O) groups excluding carboxylic acids is 2. The number of carbonyl (C=O) groups is 2. The lowest BCUT2D eigenvalue weighted by Gasteiger charge is -2.10. The van der Waals surface area contributed by atoms with E-state index in [0.717, 1.165) is 11.1 Å². The Labute approximate surface area is 155 Å². The Morgan fingerprint density at radius 3 is 2.59 bits per heavy atom. The second kappa shape index (κ2) is 7.74. The number of hydrogen-bond donors (Lipinski definition) is 2. The molecule has 0 aliphatic rings. The molecular weight excluding hydrogens is 347 g/mol. The molecule has 7 heteroatoms. The lowest BCUT2D eigenvalue weighted by Crippen LogP contribution is -2.20. The van der Waals surface area contributed by atoms with Crippen LogP contribution in [0.2, 0.25) is 0 Å². The van der Waals surface area contributed by atoms with Gasteiger partial charge in [0.15, 0.2) is 5.78 Å². The first-order chi connectivity index (χ1) is 13.0. The Bertz CT molecular complexity index is 1010. The van der Waals surface area contributed by atoms with Crippen LogP contribution < -0.4 is 5.32 Å². The quantitative estimate of drug-likeness (QED) is 0.519. The molecule has 0 atom stereocenters. The van der Waals surface area contributed by atoms with E-state index in [2.05, 4.69) is 27.1 Å². The number of benzene rings is 1. The molecule has 0 bridgehead atoms. The van der Waals surface area contributed by atoms with Gasteiger partial charge < -0.3 is 5.32 Å². The van der Waals surface area contributed by atoms with Gasteiger partial charge in [-0.25, -0.2) is 4.39 Å². The molecule has 0 spiro atoms. The number of nitrogens with one attached hydrogen (secondary N) is 2. The van der Waals surface area contributed by atoms with Crippen LogP contribution in [-0.4, -0.2) is 26.9 Å². The summed E-state index contributed by atoms with van der Waals surface area (Å²) in [5.74, 6) is -0.778. The van der Waals surface area contributed by atoms with Gasteiger partial charge in [0, 0.05) is 30.8 Å². The van der Waals surface area contributed by atoms with E-state index in [0.29, 0.717) is 22.6 Å². The van der Waals surface area contributed by atoms with Crippen molar-refractivity contribution in [1.29, 1.82) is 0 Å². The minimum Gasteiger partial charge on any atom is -0.348 e. The third-order valence-electron chi connectivity index (χ3n) is 4.00. The molecule has 1 aromatic carbocycles. The number of hydrogen-bond acceptors (Lipinski definition) is 4. The number of rotatable bonds is 6. The molecule has 1 amide bonds. The van der Waals surface area contributed by atoms with Crippen LogP contribution in [-0.2, 0) is 11.3 Å². The van der Waals surface area contributed by atoms with Gasteiger partial charge in [0.05, 0.1) is 11.4 Å². The highest BCUT2D eigenvalue weighted by Crippen LogP contribution is 2.27. The molecule has 0 radical (unpaired) electrons. The molecule has 3 rings (SSSR count). The highest BCUT2D eigenvalue weighted by atomic mass is 19.1. The fourth-order valence-corrected chi connectivity index (χ4v) is 2.54. The second-order valence-corrected chi connectivity index (χ2v) is 5.88. The Morgan fingerprint density at radius 2 is 1.96 bits per heavy atom. The third-order valence-corrected chi connectivity index (χ3v) is 4.00. The Morgan fingerprint density at radius 1 is 1.22 bits per heavy atom. The molecule has 3 aromatic rings. The smallest absolute Gasteiger partial charge is 0.243 e. The van der Waals surface area contributed by atoms with Gasteiger partial charge in [-0.2, -0.15) is 5.10 Å². The molecule has 6 nitrogen and oxygen atoms in total. The van der Waals surface area contributed by atoms with Crippen LogP contribution in [0.4, 0.5) is 4.39 Å². The second-order valence-electron chi connectivity index (χ2n) is 5.88. The van der Waals surface area contributed by atoms with E-state index >= 15 is 0 Å². The first-order valence-electron chi connectivity index (χ1n) is 8.20. The van der Waals surface area contributed by atoms with Crippen molar-refractivity contribution in [3.63, 3.8) is 0 Å². The standard InChI is InChI=1S/C20H17FN4O2/c1-3-20(27)23-11-14-10-22-18(13-4-6-15(21)7-5-13)8-16(14)19-9-17(12(2)26)24-25-19/h3-10H,1,11H2,2H3,(H,23,27)(H,24,25). The van der Waals surface area contributed by atoms with Gasteiger partial charge in [-0.1, -0.05) is 6.58 Å². The first kappa shape index (κ1) is 18.2. The van der Waals surface area contributed by atoms with Gasteiger partial charge in [0.2, 0.25) is 5.91 Å². The van der Waals surface area contributed by atoms with E-state index in [4.69, 9.17) is 0 Å². The van der Waals surface area contributed by atoms with Crippen LogP contribution in [0.5, 0.6) is 0 Å². The number of ketones is 1. The summed E-state index contributed by atoms with van der Waals surface area (Å²) in [7, 11) is 0. The van der Waals surface area contributed by atoms with Gasteiger partial charge in [-0.05, 0) is 48.0 Å². The maximum absolute atomic E-state index is 13.2. The molecule has 0 saturated carbocycles. The van der Waals surface area contributed by atoms with Crippen molar-refractivity contribution >= 4 is 11.7 Å². The van der Waals surface area contributed by atoms with E-state index in [-0.39, 0.29) is 24.1 Å². The lowest BCUT2D eigenvalue weighted by molar-refractivity contribution is -0.116. The predicted molar refractivity (Wildman–Crippen MR) is 99.3 cm³/mol. The summed E-state index contributed by atoms with van der Waals surface area (Å²) >= 11 is 0. The third kappa shape index (κ3) is 4.14. The highest BCUT2D eigenvalue weighted by Gasteiger charge is 2.14. The number of amides is 1. The average molecular weight is 364 g/mol. The van der Waals surface area contributed by atoms with Crippen LogP contribution in [0.3, 0.4) is 0 Å². The zero-order valence-corrected chi connectivity index (χ0v) is 14.6. The molecule has 0 unspecified atom stereocenters. The summed E-state index contributed by atoms with van der Waals surface area (Å²) in [4.78, 5) is 27.5. The average Bonchev–Trinajstić information content (AvgIpc) is 3.17. The maximum atomic E-state index is 13.2. The molecule has 0 saturated heterocycles. The van der Waals surface area contributed by atoms with Crippen molar-refractivity contribution in [2.45, 2.75) is 13.5 Å². The molecule has 0 fully saturated rings. The van der Waals surface area contributed by atoms with Crippen molar-refractivity contribution in [2.75, 3.05) is 0 Å². The van der Waals surface area contributed by atoms with Gasteiger partial charge in [-0.3, -0.25) is 19.7 Å².